The number of aliphatic hydroxyl groups is 7. The highest BCUT2D eigenvalue weighted by Gasteiger charge is 2.48. The van der Waals surface area contributed by atoms with E-state index in [1.807, 2.05) is 0 Å². The molecule has 7 N–H and O–H groups in total. The Morgan fingerprint density at radius 3 is 1.77 bits per heavy atom. The molecule has 2 aliphatic heterocycles. The molecule has 2 saturated heterocycles. The predicted octanol–water partition coefficient (Wildman–Crippen LogP) is -4.37. The van der Waals surface area contributed by atoms with E-state index < -0.39 is 68.0 Å². The average Bonchev–Trinajstić information content (AvgIpc) is 2.50. The summed E-state index contributed by atoms with van der Waals surface area (Å²) in [6.45, 7) is 0.819. The molecule has 0 aromatic heterocycles. The van der Waals surface area contributed by atoms with Crippen molar-refractivity contribution in [1.82, 2.24) is 0 Å². The van der Waals surface area contributed by atoms with Gasteiger partial charge in [-0.1, -0.05) is 0 Å². The van der Waals surface area contributed by atoms with Crippen molar-refractivity contribution in [3.05, 3.63) is 0 Å². The second kappa shape index (κ2) is 7.01. The minimum absolute atomic E-state index is 0.628. The maximum absolute atomic E-state index is 9.83. The fourth-order valence-electron chi connectivity index (χ4n) is 2.44. The topological polar surface area (TPSA) is 169 Å². The van der Waals surface area contributed by atoms with Crippen LogP contribution < -0.4 is 0 Å². The van der Waals surface area contributed by atoms with Crippen molar-refractivity contribution in [2.75, 3.05) is 6.61 Å². The van der Waals surface area contributed by atoms with Gasteiger partial charge in [-0.2, -0.15) is 0 Å². The van der Waals surface area contributed by atoms with E-state index in [1.54, 1.807) is 0 Å². The molecule has 2 aliphatic rings. The molecule has 0 bridgehead atoms. The highest BCUT2D eigenvalue weighted by Crippen LogP contribution is 2.27. The minimum atomic E-state index is -1.66. The van der Waals surface area contributed by atoms with Crippen LogP contribution in [-0.4, -0.2) is 104 Å². The molecule has 2 unspecified atom stereocenters. The summed E-state index contributed by atoms with van der Waals surface area (Å²) >= 11 is 0. The molecule has 0 saturated carbocycles. The average molecular weight is 326 g/mol. The SMILES string of the molecule is C[C@H]1OC(OC2O[C@H](CO)[C@H](O)[C@H](O)[C@H]2O)[C@H](O)[C@@H](O)[C@@H]1O. The lowest BCUT2D eigenvalue weighted by Gasteiger charge is -2.44. The minimum Gasteiger partial charge on any atom is -0.394 e. The van der Waals surface area contributed by atoms with Crippen LogP contribution in [0.25, 0.3) is 0 Å². The summed E-state index contributed by atoms with van der Waals surface area (Å²) in [6.07, 6.45) is -14.3. The quantitative estimate of drug-likeness (QED) is 0.269. The van der Waals surface area contributed by atoms with Gasteiger partial charge in [0.25, 0.3) is 0 Å². The third kappa shape index (κ3) is 3.26. The Bertz CT molecular complexity index is 366. The van der Waals surface area contributed by atoms with Crippen LogP contribution >= 0.6 is 0 Å². The molecule has 0 spiro atoms. The first kappa shape index (κ1) is 17.9. The van der Waals surface area contributed by atoms with Crippen LogP contribution in [-0.2, 0) is 14.2 Å². The molecule has 10 heteroatoms. The predicted molar refractivity (Wildman–Crippen MR) is 67.2 cm³/mol. The van der Waals surface area contributed by atoms with Gasteiger partial charge in [0, 0.05) is 0 Å². The van der Waals surface area contributed by atoms with Crippen LogP contribution in [0.1, 0.15) is 6.92 Å². The van der Waals surface area contributed by atoms with Gasteiger partial charge in [-0.25, -0.2) is 0 Å². The summed E-state index contributed by atoms with van der Waals surface area (Å²) in [4.78, 5) is 0. The second-order valence-electron chi connectivity index (χ2n) is 5.51. The van der Waals surface area contributed by atoms with Crippen LogP contribution in [0.3, 0.4) is 0 Å². The summed E-state index contributed by atoms with van der Waals surface area (Å²) in [7, 11) is 0. The van der Waals surface area contributed by atoms with Crippen LogP contribution in [0.4, 0.5) is 0 Å². The van der Waals surface area contributed by atoms with Gasteiger partial charge in [0.1, 0.15) is 42.7 Å². The summed E-state index contributed by atoms with van der Waals surface area (Å²) in [5.74, 6) is 0. The Hall–Kier alpha value is -0.400. The first-order valence-electron chi connectivity index (χ1n) is 6.93. The highest BCUT2D eigenvalue weighted by atomic mass is 16.8. The summed E-state index contributed by atoms with van der Waals surface area (Å²) in [5.41, 5.74) is 0. The zero-order valence-electron chi connectivity index (χ0n) is 11.8. The van der Waals surface area contributed by atoms with Crippen LogP contribution in [0.2, 0.25) is 0 Å². The summed E-state index contributed by atoms with van der Waals surface area (Å²) < 4.78 is 15.5. The van der Waals surface area contributed by atoms with Gasteiger partial charge in [0.15, 0.2) is 12.6 Å². The molecule has 2 rings (SSSR count). The van der Waals surface area contributed by atoms with E-state index in [9.17, 15) is 30.6 Å². The lowest BCUT2D eigenvalue weighted by molar-refractivity contribution is -0.373. The normalized spacial score (nSPS) is 53.5. The Morgan fingerprint density at radius 2 is 1.23 bits per heavy atom. The third-order valence-electron chi connectivity index (χ3n) is 3.93. The number of ether oxygens (including phenoxy) is 3. The van der Waals surface area contributed by atoms with Crippen LogP contribution in [0.15, 0.2) is 0 Å². The zero-order chi connectivity index (χ0) is 16.6. The zero-order valence-corrected chi connectivity index (χ0v) is 11.8. The first-order valence-corrected chi connectivity index (χ1v) is 6.93. The molecule has 0 aromatic carbocycles. The molecule has 10 nitrogen and oxygen atoms in total. The molecular formula is C12H22O10. The number of rotatable bonds is 3. The molecule has 10 atom stereocenters. The molecule has 2 fully saturated rings. The van der Waals surface area contributed by atoms with Crippen molar-refractivity contribution >= 4 is 0 Å². The molecule has 0 aromatic rings. The number of aliphatic hydroxyl groups excluding tert-OH is 7. The Morgan fingerprint density at radius 1 is 0.727 bits per heavy atom. The van der Waals surface area contributed by atoms with Gasteiger partial charge in [-0.15, -0.1) is 0 Å². The maximum Gasteiger partial charge on any atom is 0.189 e. The lowest BCUT2D eigenvalue weighted by Crippen LogP contribution is -2.63. The second-order valence-corrected chi connectivity index (χ2v) is 5.51. The highest BCUT2D eigenvalue weighted by molar-refractivity contribution is 4.91. The van der Waals surface area contributed by atoms with Gasteiger partial charge in [-0.05, 0) is 6.92 Å². The molecule has 0 radical (unpaired) electrons. The van der Waals surface area contributed by atoms with Gasteiger partial charge >= 0.3 is 0 Å². The van der Waals surface area contributed by atoms with E-state index in [0.717, 1.165) is 0 Å². The molecular weight excluding hydrogens is 304 g/mol. The molecule has 22 heavy (non-hydrogen) atoms. The summed E-state index contributed by atoms with van der Waals surface area (Å²) in [6, 6.07) is 0. The third-order valence-corrected chi connectivity index (χ3v) is 3.93. The number of hydrogen-bond donors (Lipinski definition) is 7. The van der Waals surface area contributed by atoms with E-state index in [1.165, 1.54) is 6.92 Å². The van der Waals surface area contributed by atoms with Crippen molar-refractivity contribution in [3.8, 4) is 0 Å². The van der Waals surface area contributed by atoms with Gasteiger partial charge in [-0.3, -0.25) is 0 Å². The largest absolute Gasteiger partial charge is 0.394 e. The summed E-state index contributed by atoms with van der Waals surface area (Å²) in [5, 5.41) is 67.3. The fourth-order valence-corrected chi connectivity index (χ4v) is 2.44. The van der Waals surface area contributed by atoms with Crippen molar-refractivity contribution in [2.24, 2.45) is 0 Å². The Balaban J connectivity index is 2.05. The maximum atomic E-state index is 9.83. The van der Waals surface area contributed by atoms with Gasteiger partial charge < -0.3 is 50.0 Å². The van der Waals surface area contributed by atoms with E-state index in [-0.39, 0.29) is 0 Å². The standard InChI is InChI=1S/C12H22O10/c1-3-5(14)7(16)9(18)11(20-3)22-12-10(19)8(17)6(15)4(2-13)21-12/h3-19H,2H2,1H3/t3-,4-,5-,6+,7+,8+,9-,10-,11?,12?/m1/s1. The van der Waals surface area contributed by atoms with Gasteiger partial charge in [0.2, 0.25) is 0 Å². The van der Waals surface area contributed by atoms with Crippen molar-refractivity contribution in [2.45, 2.75) is 68.3 Å². The Kier molecular flexibility index (Phi) is 5.72. The van der Waals surface area contributed by atoms with Crippen molar-refractivity contribution in [1.29, 1.82) is 0 Å². The molecule has 0 aliphatic carbocycles. The first-order chi connectivity index (χ1) is 10.3. The van der Waals surface area contributed by atoms with E-state index in [4.69, 9.17) is 19.3 Å². The molecule has 2 heterocycles. The Labute approximate surface area is 126 Å². The molecule has 130 valence electrons. The smallest absolute Gasteiger partial charge is 0.189 e. The van der Waals surface area contributed by atoms with Crippen molar-refractivity contribution < 1.29 is 50.0 Å². The lowest BCUT2D eigenvalue weighted by atomic mass is 9.98. The number of hydrogen-bond acceptors (Lipinski definition) is 10. The van der Waals surface area contributed by atoms with Gasteiger partial charge in [0.05, 0.1) is 12.7 Å². The monoisotopic (exact) mass is 326 g/mol. The van der Waals surface area contributed by atoms with E-state index >= 15 is 0 Å². The van der Waals surface area contributed by atoms with Crippen molar-refractivity contribution in [3.63, 3.8) is 0 Å². The van der Waals surface area contributed by atoms with Crippen LogP contribution in [0.5, 0.6) is 0 Å². The van der Waals surface area contributed by atoms with E-state index in [2.05, 4.69) is 0 Å². The fraction of sp³-hybridized carbons (Fsp3) is 1.00. The molecule has 0 amide bonds. The van der Waals surface area contributed by atoms with E-state index in [0.29, 0.717) is 0 Å². The van der Waals surface area contributed by atoms with Crippen LogP contribution in [0, 0.1) is 0 Å².